The Balaban J connectivity index is 3.61. The topological polar surface area (TPSA) is 0 Å². The smallest absolute Gasteiger partial charge is 0.211 e. The van der Waals surface area contributed by atoms with E-state index in [1.165, 1.54) is 0 Å². The number of hydrogen-bond donors (Lipinski definition) is 0. The van der Waals surface area contributed by atoms with Crippen LogP contribution in [0.4, 0.5) is 22.0 Å². The first-order valence-electron chi connectivity index (χ1n) is 3.19. The van der Waals surface area contributed by atoms with Gasteiger partial charge in [0.15, 0.2) is 0 Å². The number of halogens is 5. The van der Waals surface area contributed by atoms with Crippen molar-refractivity contribution in [2.75, 3.05) is 0 Å². The van der Waals surface area contributed by atoms with Gasteiger partial charge >= 0.3 is 6.18 Å². The summed E-state index contributed by atoms with van der Waals surface area (Å²) >= 11 is 0. The largest absolute Gasteiger partial charge is 0.391 e. The quantitative estimate of drug-likeness (QED) is 0.579. The lowest BCUT2D eigenvalue weighted by Crippen LogP contribution is -2.20. The minimum atomic E-state index is -4.34. The van der Waals surface area contributed by atoms with Crippen molar-refractivity contribution in [1.82, 2.24) is 0 Å². The van der Waals surface area contributed by atoms with E-state index in [0.29, 0.717) is 0 Å². The Morgan fingerprint density at radius 3 is 1.82 bits per heavy atom. The summed E-state index contributed by atoms with van der Waals surface area (Å²) in [5.41, 5.74) is 0. The van der Waals surface area contributed by atoms with Gasteiger partial charge in [-0.1, -0.05) is 6.92 Å². The summed E-state index contributed by atoms with van der Waals surface area (Å²) < 4.78 is 57.8. The second kappa shape index (κ2) is 3.88. The van der Waals surface area contributed by atoms with Gasteiger partial charge in [-0.2, -0.15) is 13.2 Å². The molecule has 0 aromatic carbocycles. The average Bonchev–Trinajstić information content (AvgIpc) is 1.80. The highest BCUT2D eigenvalue weighted by atomic mass is 19.4. The first-order valence-corrected chi connectivity index (χ1v) is 3.19. The predicted octanol–water partition coefficient (Wildman–Crippen LogP) is 3.23. The van der Waals surface area contributed by atoms with Crippen LogP contribution in [-0.2, 0) is 0 Å². The Labute approximate surface area is 61.4 Å². The summed E-state index contributed by atoms with van der Waals surface area (Å²) in [5, 5.41) is 0. The highest BCUT2D eigenvalue weighted by Gasteiger charge is 2.35. The Hall–Kier alpha value is -0.350. The maximum Gasteiger partial charge on any atom is 0.391 e. The standard InChI is InChI=1S/C6H9F5/c1-4(6(9,10)11)2-3-5(7)8/h4-5H,2-3H2,1H3. The second-order valence-corrected chi connectivity index (χ2v) is 2.41. The van der Waals surface area contributed by atoms with Gasteiger partial charge in [-0.15, -0.1) is 0 Å². The minimum absolute atomic E-state index is 0.499. The maximum absolute atomic E-state index is 11.7. The summed E-state index contributed by atoms with van der Waals surface area (Å²) in [6.07, 6.45) is -8.16. The van der Waals surface area contributed by atoms with Crippen LogP contribution in [-0.4, -0.2) is 12.6 Å². The molecule has 0 rings (SSSR count). The van der Waals surface area contributed by atoms with Crippen molar-refractivity contribution in [2.24, 2.45) is 5.92 Å². The van der Waals surface area contributed by atoms with Crippen molar-refractivity contribution in [2.45, 2.75) is 32.4 Å². The van der Waals surface area contributed by atoms with Crippen molar-refractivity contribution >= 4 is 0 Å². The van der Waals surface area contributed by atoms with Gasteiger partial charge in [0.25, 0.3) is 0 Å². The van der Waals surface area contributed by atoms with Gasteiger partial charge in [-0.3, -0.25) is 0 Å². The van der Waals surface area contributed by atoms with Crippen LogP contribution in [0.15, 0.2) is 0 Å². The molecule has 1 atom stereocenters. The third kappa shape index (κ3) is 4.98. The van der Waals surface area contributed by atoms with E-state index in [9.17, 15) is 22.0 Å². The Kier molecular flexibility index (Phi) is 3.75. The van der Waals surface area contributed by atoms with Crippen molar-refractivity contribution in [3.63, 3.8) is 0 Å². The Morgan fingerprint density at radius 1 is 1.09 bits per heavy atom. The molecule has 0 radical (unpaired) electrons. The lowest BCUT2D eigenvalue weighted by atomic mass is 10.1. The fourth-order valence-electron chi connectivity index (χ4n) is 0.540. The molecule has 0 heterocycles. The molecule has 0 saturated heterocycles. The second-order valence-electron chi connectivity index (χ2n) is 2.41. The first kappa shape index (κ1) is 10.7. The molecular formula is C6H9F5. The third-order valence-corrected chi connectivity index (χ3v) is 1.38. The zero-order valence-corrected chi connectivity index (χ0v) is 5.96. The zero-order chi connectivity index (χ0) is 9.07. The molecular weight excluding hydrogens is 167 g/mol. The van der Waals surface area contributed by atoms with Crippen molar-refractivity contribution in [3.8, 4) is 0 Å². The van der Waals surface area contributed by atoms with Crippen LogP contribution in [0, 0.1) is 5.92 Å². The van der Waals surface area contributed by atoms with E-state index in [2.05, 4.69) is 0 Å². The van der Waals surface area contributed by atoms with E-state index in [0.717, 1.165) is 6.92 Å². The first-order chi connectivity index (χ1) is 4.84. The van der Waals surface area contributed by atoms with Crippen LogP contribution in [0.2, 0.25) is 0 Å². The molecule has 0 aliphatic heterocycles. The predicted molar refractivity (Wildman–Crippen MR) is 30.5 cm³/mol. The van der Waals surface area contributed by atoms with Gasteiger partial charge in [-0.25, -0.2) is 8.78 Å². The lowest BCUT2D eigenvalue weighted by Gasteiger charge is -2.14. The maximum atomic E-state index is 11.7. The molecule has 0 aliphatic carbocycles. The molecule has 0 bridgehead atoms. The van der Waals surface area contributed by atoms with Crippen LogP contribution in [0.1, 0.15) is 19.8 Å². The molecule has 0 saturated carbocycles. The minimum Gasteiger partial charge on any atom is -0.211 e. The molecule has 0 spiro atoms. The fraction of sp³-hybridized carbons (Fsp3) is 1.00. The van der Waals surface area contributed by atoms with E-state index in [-0.39, 0.29) is 0 Å². The van der Waals surface area contributed by atoms with E-state index >= 15 is 0 Å². The molecule has 0 aliphatic rings. The van der Waals surface area contributed by atoms with Crippen LogP contribution >= 0.6 is 0 Å². The van der Waals surface area contributed by atoms with Gasteiger partial charge < -0.3 is 0 Å². The molecule has 11 heavy (non-hydrogen) atoms. The molecule has 0 aromatic rings. The van der Waals surface area contributed by atoms with Gasteiger partial charge in [0.05, 0.1) is 5.92 Å². The van der Waals surface area contributed by atoms with Crippen molar-refractivity contribution < 1.29 is 22.0 Å². The number of alkyl halides is 5. The van der Waals surface area contributed by atoms with Crippen LogP contribution in [0.25, 0.3) is 0 Å². The molecule has 0 N–H and O–H groups in total. The van der Waals surface area contributed by atoms with E-state index in [1.807, 2.05) is 0 Å². The molecule has 68 valence electrons. The van der Waals surface area contributed by atoms with E-state index < -0.39 is 31.4 Å². The summed E-state index contributed by atoms with van der Waals surface area (Å²) in [7, 11) is 0. The molecule has 5 heteroatoms. The summed E-state index contributed by atoms with van der Waals surface area (Å²) in [6, 6.07) is 0. The van der Waals surface area contributed by atoms with Gasteiger partial charge in [-0.05, 0) is 6.42 Å². The van der Waals surface area contributed by atoms with Gasteiger partial charge in [0.2, 0.25) is 6.43 Å². The molecule has 1 unspecified atom stereocenters. The van der Waals surface area contributed by atoms with Gasteiger partial charge in [0, 0.05) is 6.42 Å². The van der Waals surface area contributed by atoms with Crippen LogP contribution in [0.3, 0.4) is 0 Å². The number of rotatable bonds is 3. The normalized spacial score (nSPS) is 15.5. The fourth-order valence-corrected chi connectivity index (χ4v) is 0.540. The molecule has 0 aromatic heterocycles. The van der Waals surface area contributed by atoms with Crippen molar-refractivity contribution in [1.29, 1.82) is 0 Å². The van der Waals surface area contributed by atoms with Crippen molar-refractivity contribution in [3.05, 3.63) is 0 Å². The summed E-state index contributed by atoms with van der Waals surface area (Å²) in [6.45, 7) is 0.905. The molecule has 0 amide bonds. The SMILES string of the molecule is CC(CCC(F)F)C(F)(F)F. The Morgan fingerprint density at radius 2 is 1.55 bits per heavy atom. The van der Waals surface area contributed by atoms with E-state index in [4.69, 9.17) is 0 Å². The monoisotopic (exact) mass is 176 g/mol. The third-order valence-electron chi connectivity index (χ3n) is 1.38. The molecule has 0 nitrogen and oxygen atoms in total. The lowest BCUT2D eigenvalue weighted by molar-refractivity contribution is -0.172. The summed E-state index contributed by atoms with van der Waals surface area (Å²) in [4.78, 5) is 0. The highest BCUT2D eigenvalue weighted by Crippen LogP contribution is 2.29. The molecule has 0 fully saturated rings. The Bertz CT molecular complexity index is 106. The van der Waals surface area contributed by atoms with E-state index in [1.54, 1.807) is 0 Å². The summed E-state index contributed by atoms with van der Waals surface area (Å²) in [5.74, 6) is -1.63. The van der Waals surface area contributed by atoms with Gasteiger partial charge in [0.1, 0.15) is 0 Å². The zero-order valence-electron chi connectivity index (χ0n) is 5.96. The average molecular weight is 176 g/mol. The van der Waals surface area contributed by atoms with Crippen LogP contribution in [0.5, 0.6) is 0 Å². The van der Waals surface area contributed by atoms with Crippen LogP contribution < -0.4 is 0 Å². The highest BCUT2D eigenvalue weighted by molar-refractivity contribution is 4.62. The number of hydrogen-bond acceptors (Lipinski definition) is 0.